The fourth-order valence-corrected chi connectivity index (χ4v) is 2.71. The lowest BCUT2D eigenvalue weighted by atomic mass is 10.1. The molecule has 1 aliphatic heterocycles. The molecule has 0 aromatic rings. The van der Waals surface area contributed by atoms with Crippen molar-refractivity contribution in [3.63, 3.8) is 0 Å². The third kappa shape index (κ3) is 8.16. The van der Waals surface area contributed by atoms with Crippen molar-refractivity contribution in [1.82, 2.24) is 10.2 Å². The SMILES string of the molecule is CSCCCCNC(=O)N1CCC(OCCC(=O)O)CC1. The van der Waals surface area contributed by atoms with Crippen LogP contribution < -0.4 is 5.32 Å². The van der Waals surface area contributed by atoms with Gasteiger partial charge in [0.05, 0.1) is 19.1 Å². The maximum atomic E-state index is 11.9. The number of urea groups is 1. The van der Waals surface area contributed by atoms with E-state index >= 15 is 0 Å². The van der Waals surface area contributed by atoms with Crippen molar-refractivity contribution in [2.75, 3.05) is 38.2 Å². The highest BCUT2D eigenvalue weighted by Gasteiger charge is 2.22. The van der Waals surface area contributed by atoms with E-state index in [1.165, 1.54) is 0 Å². The first-order valence-corrected chi connectivity index (χ1v) is 8.88. The molecule has 1 rings (SSSR count). The van der Waals surface area contributed by atoms with Crippen molar-refractivity contribution in [2.45, 2.75) is 38.2 Å². The number of likely N-dealkylation sites (tertiary alicyclic amines) is 1. The van der Waals surface area contributed by atoms with Gasteiger partial charge in [0.1, 0.15) is 0 Å². The van der Waals surface area contributed by atoms with Gasteiger partial charge in [0.15, 0.2) is 0 Å². The number of nitrogens with zero attached hydrogens (tertiary/aromatic N) is 1. The zero-order valence-electron chi connectivity index (χ0n) is 12.7. The summed E-state index contributed by atoms with van der Waals surface area (Å²) in [7, 11) is 0. The molecular weight excluding hydrogens is 292 g/mol. The number of piperidine rings is 1. The number of carbonyl (C=O) groups excluding carboxylic acids is 1. The van der Waals surface area contributed by atoms with Gasteiger partial charge in [-0.25, -0.2) is 4.79 Å². The maximum absolute atomic E-state index is 11.9. The van der Waals surface area contributed by atoms with Gasteiger partial charge in [0.25, 0.3) is 0 Å². The minimum absolute atomic E-state index is 0.00291. The van der Waals surface area contributed by atoms with Gasteiger partial charge in [0.2, 0.25) is 0 Å². The fourth-order valence-electron chi connectivity index (χ4n) is 2.22. The Morgan fingerprint density at radius 1 is 1.33 bits per heavy atom. The van der Waals surface area contributed by atoms with Crippen LogP contribution in [0.1, 0.15) is 32.1 Å². The van der Waals surface area contributed by atoms with Crippen LogP contribution in [0.3, 0.4) is 0 Å². The largest absolute Gasteiger partial charge is 0.481 e. The number of thioether (sulfide) groups is 1. The summed E-state index contributed by atoms with van der Waals surface area (Å²) >= 11 is 1.82. The van der Waals surface area contributed by atoms with E-state index in [4.69, 9.17) is 9.84 Å². The van der Waals surface area contributed by atoms with E-state index in [9.17, 15) is 9.59 Å². The van der Waals surface area contributed by atoms with Gasteiger partial charge >= 0.3 is 12.0 Å². The van der Waals surface area contributed by atoms with Crippen molar-refractivity contribution < 1.29 is 19.4 Å². The average molecular weight is 318 g/mol. The molecule has 0 aromatic heterocycles. The molecule has 2 N–H and O–H groups in total. The number of rotatable bonds is 9. The molecule has 0 unspecified atom stereocenters. The molecule has 0 atom stereocenters. The summed E-state index contributed by atoms with van der Waals surface area (Å²) in [5.74, 6) is 0.294. The van der Waals surface area contributed by atoms with E-state index in [2.05, 4.69) is 11.6 Å². The minimum Gasteiger partial charge on any atom is -0.481 e. The third-order valence-electron chi connectivity index (χ3n) is 3.45. The maximum Gasteiger partial charge on any atom is 0.317 e. The summed E-state index contributed by atoms with van der Waals surface area (Å²) in [6, 6.07) is 0.00291. The van der Waals surface area contributed by atoms with Gasteiger partial charge in [-0.05, 0) is 37.7 Å². The molecular formula is C14H26N2O4S. The van der Waals surface area contributed by atoms with Gasteiger partial charge in [-0.3, -0.25) is 4.79 Å². The zero-order valence-corrected chi connectivity index (χ0v) is 13.5. The number of hydrogen-bond acceptors (Lipinski definition) is 4. The Morgan fingerprint density at radius 3 is 2.67 bits per heavy atom. The highest BCUT2D eigenvalue weighted by molar-refractivity contribution is 7.98. The van der Waals surface area contributed by atoms with Gasteiger partial charge < -0.3 is 20.1 Å². The van der Waals surface area contributed by atoms with Gasteiger partial charge in [0, 0.05) is 19.6 Å². The summed E-state index contributed by atoms with van der Waals surface area (Å²) < 4.78 is 5.51. The van der Waals surface area contributed by atoms with Crippen LogP contribution >= 0.6 is 11.8 Å². The quantitative estimate of drug-likeness (QED) is 0.634. The van der Waals surface area contributed by atoms with Crippen molar-refractivity contribution in [1.29, 1.82) is 0 Å². The van der Waals surface area contributed by atoms with Crippen molar-refractivity contribution in [3.05, 3.63) is 0 Å². The first-order chi connectivity index (χ1) is 10.1. The summed E-state index contributed by atoms with van der Waals surface area (Å²) in [6.45, 7) is 2.33. The summed E-state index contributed by atoms with van der Waals surface area (Å²) in [4.78, 5) is 24.1. The lowest BCUT2D eigenvalue weighted by molar-refractivity contribution is -0.138. The topological polar surface area (TPSA) is 78.9 Å². The Balaban J connectivity index is 2.08. The van der Waals surface area contributed by atoms with E-state index in [0.29, 0.717) is 13.1 Å². The number of unbranched alkanes of at least 4 members (excludes halogenated alkanes) is 1. The van der Waals surface area contributed by atoms with Crippen LogP contribution in [0.25, 0.3) is 0 Å². The highest BCUT2D eigenvalue weighted by atomic mass is 32.2. The van der Waals surface area contributed by atoms with E-state index in [1.54, 1.807) is 0 Å². The first kappa shape index (κ1) is 18.1. The zero-order chi connectivity index (χ0) is 15.5. The number of carboxylic acid groups (broad SMARTS) is 1. The van der Waals surface area contributed by atoms with E-state index in [1.807, 2.05) is 16.7 Å². The Labute approximate surface area is 130 Å². The lowest BCUT2D eigenvalue weighted by Gasteiger charge is -2.31. The standard InChI is InChI=1S/C14H26N2O4S/c1-21-11-3-2-7-15-14(19)16-8-4-12(5-9-16)20-10-6-13(17)18/h12H,2-11H2,1H3,(H,15,19)(H,17,18). The van der Waals surface area contributed by atoms with Crippen LogP contribution in [0.4, 0.5) is 4.79 Å². The Morgan fingerprint density at radius 2 is 2.05 bits per heavy atom. The van der Waals surface area contributed by atoms with Gasteiger partial charge in [-0.2, -0.15) is 11.8 Å². The molecule has 1 aliphatic rings. The molecule has 0 bridgehead atoms. The predicted octanol–water partition coefficient (Wildman–Crippen LogP) is 1.79. The van der Waals surface area contributed by atoms with Crippen LogP contribution in [0, 0.1) is 0 Å². The monoisotopic (exact) mass is 318 g/mol. The molecule has 0 aromatic carbocycles. The lowest BCUT2D eigenvalue weighted by Crippen LogP contribution is -2.46. The Bertz CT molecular complexity index is 320. The summed E-state index contributed by atoms with van der Waals surface area (Å²) in [5, 5.41) is 11.5. The molecule has 0 radical (unpaired) electrons. The molecule has 7 heteroatoms. The average Bonchev–Trinajstić information content (AvgIpc) is 2.47. The molecule has 0 aliphatic carbocycles. The first-order valence-electron chi connectivity index (χ1n) is 7.48. The van der Waals surface area contributed by atoms with Crippen LogP contribution in [-0.4, -0.2) is 66.4 Å². The normalized spacial score (nSPS) is 16.0. The second-order valence-corrected chi connectivity index (χ2v) is 6.12. The number of nitrogens with one attached hydrogen (secondary N) is 1. The number of hydrogen-bond donors (Lipinski definition) is 2. The van der Waals surface area contributed by atoms with E-state index in [-0.39, 0.29) is 25.2 Å². The predicted molar refractivity (Wildman–Crippen MR) is 83.8 cm³/mol. The van der Waals surface area contributed by atoms with Crippen molar-refractivity contribution in [2.24, 2.45) is 0 Å². The minimum atomic E-state index is -0.840. The van der Waals surface area contributed by atoms with Crippen LogP contribution in [-0.2, 0) is 9.53 Å². The molecule has 1 saturated heterocycles. The van der Waals surface area contributed by atoms with Gasteiger partial charge in [-0.1, -0.05) is 0 Å². The smallest absolute Gasteiger partial charge is 0.317 e. The molecule has 0 saturated carbocycles. The van der Waals surface area contributed by atoms with E-state index in [0.717, 1.165) is 38.0 Å². The van der Waals surface area contributed by atoms with Crippen molar-refractivity contribution >= 4 is 23.8 Å². The van der Waals surface area contributed by atoms with Crippen LogP contribution in [0.2, 0.25) is 0 Å². The second kappa shape index (κ2) is 10.7. The number of ether oxygens (including phenoxy) is 1. The molecule has 6 nitrogen and oxygen atoms in total. The number of aliphatic carboxylic acids is 1. The fraction of sp³-hybridized carbons (Fsp3) is 0.857. The van der Waals surface area contributed by atoms with E-state index < -0.39 is 5.97 Å². The summed E-state index contributed by atoms with van der Waals surface area (Å²) in [6.07, 6.45) is 5.90. The van der Waals surface area contributed by atoms with Crippen LogP contribution in [0.15, 0.2) is 0 Å². The Kier molecular flexibility index (Phi) is 9.25. The molecule has 122 valence electrons. The Hall–Kier alpha value is -0.950. The third-order valence-corrected chi connectivity index (χ3v) is 4.15. The number of amides is 2. The molecule has 2 amide bonds. The number of carbonyl (C=O) groups is 2. The molecule has 0 spiro atoms. The van der Waals surface area contributed by atoms with Crippen LogP contribution in [0.5, 0.6) is 0 Å². The highest BCUT2D eigenvalue weighted by Crippen LogP contribution is 2.14. The van der Waals surface area contributed by atoms with Crippen molar-refractivity contribution in [3.8, 4) is 0 Å². The molecule has 1 fully saturated rings. The van der Waals surface area contributed by atoms with Gasteiger partial charge in [-0.15, -0.1) is 0 Å². The summed E-state index contributed by atoms with van der Waals surface area (Å²) in [5.41, 5.74) is 0. The molecule has 21 heavy (non-hydrogen) atoms. The molecule has 1 heterocycles. The second-order valence-electron chi connectivity index (χ2n) is 5.13. The number of carboxylic acids is 1.